The fourth-order valence-electron chi connectivity index (χ4n) is 1.70. The highest BCUT2D eigenvalue weighted by Gasteiger charge is 2.16. The second kappa shape index (κ2) is 7.79. The third-order valence-corrected chi connectivity index (χ3v) is 4.52. The highest BCUT2D eigenvalue weighted by Crippen LogP contribution is 2.15. The number of thiocarbonyl (C=S) groups is 1. The standard InChI is InChI=1S/C13H20FN3O2S2/c1-17(2)8-4-3-7-16-21(18,19)10-5-6-12(14)11(9-10)13(15)20/h5-6,9,16H,3-4,7-8H2,1-2H3,(H2,15,20). The summed E-state index contributed by atoms with van der Waals surface area (Å²) >= 11 is 4.70. The van der Waals surface area contributed by atoms with Crippen LogP contribution in [0.3, 0.4) is 0 Å². The van der Waals surface area contributed by atoms with Gasteiger partial charge < -0.3 is 10.6 Å². The predicted octanol–water partition coefficient (Wildman–Crippen LogP) is 1.08. The predicted molar refractivity (Wildman–Crippen MR) is 85.3 cm³/mol. The normalized spacial score (nSPS) is 11.8. The van der Waals surface area contributed by atoms with Crippen molar-refractivity contribution >= 4 is 27.2 Å². The number of hydrogen-bond acceptors (Lipinski definition) is 4. The average Bonchev–Trinajstić information content (AvgIpc) is 2.37. The molecule has 0 saturated heterocycles. The van der Waals surface area contributed by atoms with Crippen molar-refractivity contribution in [2.75, 3.05) is 27.2 Å². The number of rotatable bonds is 8. The van der Waals surface area contributed by atoms with Crippen molar-refractivity contribution in [3.05, 3.63) is 29.6 Å². The van der Waals surface area contributed by atoms with Gasteiger partial charge in [-0.1, -0.05) is 12.2 Å². The van der Waals surface area contributed by atoms with Crippen molar-refractivity contribution in [1.82, 2.24) is 9.62 Å². The van der Waals surface area contributed by atoms with E-state index in [1.54, 1.807) is 0 Å². The van der Waals surface area contributed by atoms with Crippen LogP contribution in [0.25, 0.3) is 0 Å². The highest BCUT2D eigenvalue weighted by molar-refractivity contribution is 7.89. The molecule has 0 unspecified atom stereocenters. The molecule has 0 fully saturated rings. The zero-order chi connectivity index (χ0) is 16.0. The van der Waals surface area contributed by atoms with E-state index in [4.69, 9.17) is 18.0 Å². The summed E-state index contributed by atoms with van der Waals surface area (Å²) in [4.78, 5) is 1.82. The largest absolute Gasteiger partial charge is 0.389 e. The Balaban J connectivity index is 2.70. The maximum Gasteiger partial charge on any atom is 0.240 e. The molecule has 21 heavy (non-hydrogen) atoms. The number of halogens is 1. The molecule has 3 N–H and O–H groups in total. The van der Waals surface area contributed by atoms with Crippen LogP contribution in [-0.2, 0) is 10.0 Å². The van der Waals surface area contributed by atoms with E-state index in [1.165, 1.54) is 6.07 Å². The molecule has 0 amide bonds. The number of nitrogens with two attached hydrogens (primary N) is 1. The Kier molecular flexibility index (Phi) is 6.66. The van der Waals surface area contributed by atoms with Crippen molar-refractivity contribution in [2.45, 2.75) is 17.7 Å². The SMILES string of the molecule is CN(C)CCCCNS(=O)(=O)c1ccc(F)c(C(N)=S)c1. The van der Waals surface area contributed by atoms with Gasteiger partial charge in [0.15, 0.2) is 0 Å². The Morgan fingerprint density at radius 3 is 2.62 bits per heavy atom. The molecular weight excluding hydrogens is 313 g/mol. The number of hydrogen-bond donors (Lipinski definition) is 2. The van der Waals surface area contributed by atoms with E-state index < -0.39 is 15.8 Å². The Morgan fingerprint density at radius 2 is 2.05 bits per heavy atom. The van der Waals surface area contributed by atoms with Gasteiger partial charge in [-0.3, -0.25) is 0 Å². The van der Waals surface area contributed by atoms with Crippen molar-refractivity contribution in [2.24, 2.45) is 5.73 Å². The Bertz CT molecular complexity index is 603. The van der Waals surface area contributed by atoms with Crippen LogP contribution in [-0.4, -0.2) is 45.5 Å². The molecule has 1 aromatic rings. The maximum absolute atomic E-state index is 13.4. The van der Waals surface area contributed by atoms with E-state index in [9.17, 15) is 12.8 Å². The molecule has 0 heterocycles. The van der Waals surface area contributed by atoms with Crippen LogP contribution < -0.4 is 10.5 Å². The van der Waals surface area contributed by atoms with Gasteiger partial charge >= 0.3 is 0 Å². The van der Waals surface area contributed by atoms with E-state index in [0.29, 0.717) is 6.54 Å². The van der Waals surface area contributed by atoms with Gasteiger partial charge in [0.1, 0.15) is 10.8 Å². The monoisotopic (exact) mass is 333 g/mol. The average molecular weight is 333 g/mol. The molecule has 0 bridgehead atoms. The van der Waals surface area contributed by atoms with Gasteiger partial charge in [-0.25, -0.2) is 17.5 Å². The summed E-state index contributed by atoms with van der Waals surface area (Å²) < 4.78 is 40.1. The Morgan fingerprint density at radius 1 is 1.38 bits per heavy atom. The maximum atomic E-state index is 13.4. The summed E-state index contributed by atoms with van der Waals surface area (Å²) in [5, 5.41) is 0. The first kappa shape index (κ1) is 18.0. The second-order valence-electron chi connectivity index (χ2n) is 4.91. The summed E-state index contributed by atoms with van der Waals surface area (Å²) in [6.07, 6.45) is 1.61. The molecule has 0 spiro atoms. The van der Waals surface area contributed by atoms with Crippen molar-refractivity contribution in [3.8, 4) is 0 Å². The van der Waals surface area contributed by atoms with Crippen LogP contribution in [0.1, 0.15) is 18.4 Å². The molecular formula is C13H20FN3O2S2. The van der Waals surface area contributed by atoms with E-state index in [-0.39, 0.29) is 15.4 Å². The van der Waals surface area contributed by atoms with Crippen LogP contribution in [0.5, 0.6) is 0 Å². The molecule has 0 aliphatic heterocycles. The van der Waals surface area contributed by atoms with Gasteiger partial charge in [-0.2, -0.15) is 0 Å². The molecule has 5 nitrogen and oxygen atoms in total. The van der Waals surface area contributed by atoms with Crippen LogP contribution in [0, 0.1) is 5.82 Å². The van der Waals surface area contributed by atoms with Crippen LogP contribution in [0.4, 0.5) is 4.39 Å². The van der Waals surface area contributed by atoms with Crippen molar-refractivity contribution < 1.29 is 12.8 Å². The first-order valence-corrected chi connectivity index (χ1v) is 8.37. The molecule has 0 atom stereocenters. The number of sulfonamides is 1. The molecule has 0 saturated carbocycles. The van der Waals surface area contributed by atoms with Gasteiger partial charge in [0.2, 0.25) is 10.0 Å². The number of nitrogens with zero attached hydrogens (tertiary/aromatic N) is 1. The van der Waals surface area contributed by atoms with Gasteiger partial charge in [-0.15, -0.1) is 0 Å². The van der Waals surface area contributed by atoms with Gasteiger partial charge in [0.25, 0.3) is 0 Å². The lowest BCUT2D eigenvalue weighted by Crippen LogP contribution is -2.26. The van der Waals surface area contributed by atoms with Crippen molar-refractivity contribution in [3.63, 3.8) is 0 Å². The fraction of sp³-hybridized carbons (Fsp3) is 0.462. The molecule has 0 radical (unpaired) electrons. The van der Waals surface area contributed by atoms with Crippen LogP contribution >= 0.6 is 12.2 Å². The second-order valence-corrected chi connectivity index (χ2v) is 7.12. The van der Waals surface area contributed by atoms with Crippen LogP contribution in [0.15, 0.2) is 23.1 Å². The van der Waals surface area contributed by atoms with Gasteiger partial charge in [0, 0.05) is 12.1 Å². The molecule has 0 aromatic heterocycles. The number of unbranched alkanes of at least 4 members (excludes halogenated alkanes) is 1. The summed E-state index contributed by atoms with van der Waals surface area (Å²) in [5.41, 5.74) is 5.30. The minimum Gasteiger partial charge on any atom is -0.389 e. The summed E-state index contributed by atoms with van der Waals surface area (Å²) in [6.45, 7) is 1.22. The third kappa shape index (κ3) is 5.66. The van der Waals surface area contributed by atoms with Gasteiger partial charge in [-0.05, 0) is 51.7 Å². The molecule has 1 rings (SSSR count). The first-order valence-electron chi connectivity index (χ1n) is 6.48. The third-order valence-electron chi connectivity index (χ3n) is 2.84. The quantitative estimate of drug-likeness (QED) is 0.550. The number of benzene rings is 1. The zero-order valence-corrected chi connectivity index (χ0v) is 13.7. The molecule has 8 heteroatoms. The van der Waals surface area contributed by atoms with E-state index in [2.05, 4.69) is 4.72 Å². The fourth-order valence-corrected chi connectivity index (χ4v) is 2.96. The molecule has 0 aliphatic carbocycles. The molecule has 1 aromatic carbocycles. The Labute approximate surface area is 130 Å². The van der Waals surface area contributed by atoms with E-state index in [0.717, 1.165) is 31.5 Å². The Hall–Kier alpha value is -1.09. The van der Waals surface area contributed by atoms with Gasteiger partial charge in [0.05, 0.1) is 4.90 Å². The minimum absolute atomic E-state index is 0.0423. The smallest absolute Gasteiger partial charge is 0.240 e. The lowest BCUT2D eigenvalue weighted by atomic mass is 10.2. The van der Waals surface area contributed by atoms with Crippen molar-refractivity contribution in [1.29, 1.82) is 0 Å². The van der Waals surface area contributed by atoms with E-state index >= 15 is 0 Å². The van der Waals surface area contributed by atoms with E-state index in [1.807, 2.05) is 19.0 Å². The lowest BCUT2D eigenvalue weighted by Gasteiger charge is -2.10. The first-order chi connectivity index (χ1) is 9.74. The molecule has 118 valence electrons. The number of nitrogens with one attached hydrogen (secondary N) is 1. The summed E-state index contributed by atoms with van der Waals surface area (Å²) in [5.74, 6) is -0.632. The summed E-state index contributed by atoms with van der Waals surface area (Å²) in [6, 6.07) is 3.40. The zero-order valence-electron chi connectivity index (χ0n) is 12.1. The minimum atomic E-state index is -3.68. The lowest BCUT2D eigenvalue weighted by molar-refractivity contribution is 0.394. The molecule has 0 aliphatic rings. The van der Waals surface area contributed by atoms with Crippen LogP contribution in [0.2, 0.25) is 0 Å². The highest BCUT2D eigenvalue weighted by atomic mass is 32.2. The topological polar surface area (TPSA) is 75.4 Å². The summed E-state index contributed by atoms with van der Waals surface area (Å²) in [7, 11) is 0.237.